The summed E-state index contributed by atoms with van der Waals surface area (Å²) in [6, 6.07) is 4.14. The summed E-state index contributed by atoms with van der Waals surface area (Å²) in [5.41, 5.74) is 5.22. The van der Waals surface area contributed by atoms with Crippen LogP contribution in [0.1, 0.15) is 43.4 Å². The van der Waals surface area contributed by atoms with Crippen LogP contribution in [-0.4, -0.2) is 48.9 Å². The largest absolute Gasteiger partial charge is 0.496 e. The number of aryl methyl sites for hydroxylation is 1. The lowest BCUT2D eigenvalue weighted by Gasteiger charge is -2.34. The van der Waals surface area contributed by atoms with Gasteiger partial charge in [0.1, 0.15) is 11.5 Å². The number of nitrogens with one attached hydrogen (secondary N) is 1. The van der Waals surface area contributed by atoms with Crippen molar-refractivity contribution in [2.45, 2.75) is 52.6 Å². The Bertz CT molecular complexity index is 967. The molecule has 170 valence electrons. The first-order valence-electron chi connectivity index (χ1n) is 11.3. The Balaban J connectivity index is 0.00000132. The fraction of sp³-hybridized carbons (Fsp3) is 0.560. The van der Waals surface area contributed by atoms with Gasteiger partial charge in [0.15, 0.2) is 0 Å². The van der Waals surface area contributed by atoms with Crippen molar-refractivity contribution >= 4 is 0 Å². The average molecular weight is 428 g/mol. The predicted molar refractivity (Wildman–Crippen MR) is 126 cm³/mol. The van der Waals surface area contributed by atoms with Gasteiger partial charge in [-0.25, -0.2) is 0 Å². The molecule has 1 aromatic carbocycles. The number of piperazine rings is 1. The second kappa shape index (κ2) is 9.45. The van der Waals surface area contributed by atoms with E-state index in [0.717, 1.165) is 65.5 Å². The molecule has 1 saturated carbocycles. The number of aromatic nitrogens is 1. The van der Waals surface area contributed by atoms with E-state index in [-0.39, 0.29) is 5.56 Å². The van der Waals surface area contributed by atoms with Crippen molar-refractivity contribution in [3.05, 3.63) is 45.4 Å². The second-order valence-electron chi connectivity index (χ2n) is 8.49. The summed E-state index contributed by atoms with van der Waals surface area (Å²) in [5.74, 6) is 1.65. The van der Waals surface area contributed by atoms with Gasteiger partial charge in [0.2, 0.25) is 0 Å². The fourth-order valence-electron chi connectivity index (χ4n) is 4.45. The molecular weight excluding hydrogens is 390 g/mol. The topological polar surface area (TPSA) is 55.7 Å². The molecule has 1 spiro atoms. The predicted octanol–water partition coefficient (Wildman–Crippen LogP) is 3.65. The maximum absolute atomic E-state index is 12.3. The van der Waals surface area contributed by atoms with Crippen molar-refractivity contribution in [2.75, 3.05) is 33.9 Å². The molecule has 4 rings (SSSR count). The Morgan fingerprint density at radius 1 is 1.06 bits per heavy atom. The van der Waals surface area contributed by atoms with Gasteiger partial charge in [-0.3, -0.25) is 9.69 Å². The van der Waals surface area contributed by atoms with Crippen LogP contribution in [0.2, 0.25) is 0 Å². The third-order valence-electron chi connectivity index (χ3n) is 6.54. The molecule has 2 heterocycles. The highest BCUT2D eigenvalue weighted by atomic mass is 16.5. The van der Waals surface area contributed by atoms with Crippen LogP contribution in [0.5, 0.6) is 11.5 Å². The van der Waals surface area contributed by atoms with E-state index in [1.807, 2.05) is 33.9 Å². The minimum absolute atomic E-state index is 0.0366. The minimum Gasteiger partial charge on any atom is -0.496 e. The van der Waals surface area contributed by atoms with Crippen molar-refractivity contribution in [2.24, 2.45) is 7.05 Å². The van der Waals surface area contributed by atoms with Crippen LogP contribution in [0.4, 0.5) is 0 Å². The van der Waals surface area contributed by atoms with Crippen LogP contribution >= 0.6 is 0 Å². The third-order valence-corrected chi connectivity index (χ3v) is 6.54. The monoisotopic (exact) mass is 427 g/mol. The van der Waals surface area contributed by atoms with E-state index in [1.54, 1.807) is 25.8 Å². The molecule has 0 radical (unpaired) electrons. The number of hydrogen-bond acceptors (Lipinski definition) is 5. The molecule has 2 aromatic rings. The van der Waals surface area contributed by atoms with E-state index in [0.29, 0.717) is 5.54 Å². The summed E-state index contributed by atoms with van der Waals surface area (Å²) in [6.07, 6.45) is 4.43. The van der Waals surface area contributed by atoms with E-state index in [9.17, 15) is 4.79 Å². The Hall–Kier alpha value is -2.31. The molecule has 6 heteroatoms. The summed E-state index contributed by atoms with van der Waals surface area (Å²) >= 11 is 0. The van der Waals surface area contributed by atoms with E-state index in [1.165, 1.54) is 12.8 Å². The Morgan fingerprint density at radius 2 is 1.68 bits per heavy atom. The number of nitrogens with zero attached hydrogens (tertiary/aromatic N) is 2. The molecule has 1 aromatic heterocycles. The molecule has 0 bridgehead atoms. The number of ether oxygens (including phenoxy) is 2. The molecule has 1 aliphatic carbocycles. The van der Waals surface area contributed by atoms with Gasteiger partial charge in [-0.15, -0.1) is 0 Å². The quantitative estimate of drug-likeness (QED) is 0.789. The van der Waals surface area contributed by atoms with Gasteiger partial charge in [-0.2, -0.15) is 0 Å². The lowest BCUT2D eigenvalue weighted by Crippen LogP contribution is -2.52. The van der Waals surface area contributed by atoms with Crippen LogP contribution < -0.4 is 20.3 Å². The van der Waals surface area contributed by atoms with Crippen molar-refractivity contribution < 1.29 is 9.47 Å². The van der Waals surface area contributed by atoms with Crippen molar-refractivity contribution in [1.29, 1.82) is 0 Å². The fourth-order valence-corrected chi connectivity index (χ4v) is 4.45. The normalized spacial score (nSPS) is 17.1. The highest BCUT2D eigenvalue weighted by Gasteiger charge is 2.45. The van der Waals surface area contributed by atoms with Crippen LogP contribution in [0.25, 0.3) is 11.1 Å². The maximum Gasteiger partial charge on any atom is 0.253 e. The molecule has 31 heavy (non-hydrogen) atoms. The molecule has 0 unspecified atom stereocenters. The SMILES string of the molecule is CC.COc1cc(-c2cn(C)c(=O)c(C)c2C)cc(OC)c1CN1CCNC2(CC2)C1. The average Bonchev–Trinajstić information content (AvgIpc) is 3.54. The standard InChI is InChI=1S/C23H31N3O3.C2H6/c1-15-16(2)22(27)25(3)12-18(15)17-10-20(28-4)19(21(11-17)29-5)13-26-9-8-24-23(14-26)6-7-23;1-2/h10-12,24H,6-9,13-14H2,1-5H3;1-2H3. The van der Waals surface area contributed by atoms with Gasteiger partial charge in [0.25, 0.3) is 5.56 Å². The van der Waals surface area contributed by atoms with E-state index in [4.69, 9.17) is 9.47 Å². The van der Waals surface area contributed by atoms with Gasteiger partial charge in [0.05, 0.1) is 19.8 Å². The zero-order valence-corrected chi connectivity index (χ0v) is 20.1. The van der Waals surface area contributed by atoms with Gasteiger partial charge in [0, 0.05) is 56.1 Å². The molecule has 2 aliphatic rings. The smallest absolute Gasteiger partial charge is 0.253 e. The zero-order valence-electron chi connectivity index (χ0n) is 20.1. The number of methoxy groups -OCH3 is 2. The Morgan fingerprint density at radius 3 is 2.23 bits per heavy atom. The molecule has 0 amide bonds. The lowest BCUT2D eigenvalue weighted by molar-refractivity contribution is 0.178. The lowest BCUT2D eigenvalue weighted by atomic mass is 9.97. The number of pyridine rings is 1. The first kappa shape index (κ1) is 23.4. The van der Waals surface area contributed by atoms with Crippen LogP contribution in [0.3, 0.4) is 0 Å². The highest BCUT2D eigenvalue weighted by Crippen LogP contribution is 2.40. The first-order valence-corrected chi connectivity index (χ1v) is 11.3. The summed E-state index contributed by atoms with van der Waals surface area (Å²) in [4.78, 5) is 14.7. The summed E-state index contributed by atoms with van der Waals surface area (Å²) in [5, 5.41) is 3.66. The summed E-state index contributed by atoms with van der Waals surface area (Å²) in [7, 11) is 5.21. The Labute approximate surface area is 186 Å². The second-order valence-corrected chi connectivity index (χ2v) is 8.49. The van der Waals surface area contributed by atoms with Crippen molar-refractivity contribution in [3.8, 4) is 22.6 Å². The third kappa shape index (κ3) is 4.65. The van der Waals surface area contributed by atoms with Gasteiger partial charge in [-0.1, -0.05) is 13.8 Å². The molecular formula is C25H37N3O3. The zero-order chi connectivity index (χ0) is 22.8. The molecule has 0 atom stereocenters. The highest BCUT2D eigenvalue weighted by molar-refractivity contribution is 5.72. The van der Waals surface area contributed by atoms with Crippen LogP contribution in [0, 0.1) is 13.8 Å². The summed E-state index contributed by atoms with van der Waals surface area (Å²) < 4.78 is 13.2. The van der Waals surface area contributed by atoms with Crippen LogP contribution in [-0.2, 0) is 13.6 Å². The number of hydrogen-bond donors (Lipinski definition) is 1. The summed E-state index contributed by atoms with van der Waals surface area (Å²) in [6.45, 7) is 11.8. The molecule has 1 aliphatic heterocycles. The Kier molecular flexibility index (Phi) is 7.12. The molecule has 1 N–H and O–H groups in total. The van der Waals surface area contributed by atoms with Gasteiger partial charge < -0.3 is 19.4 Å². The number of benzene rings is 1. The van der Waals surface area contributed by atoms with Crippen molar-refractivity contribution in [1.82, 2.24) is 14.8 Å². The number of rotatable bonds is 5. The molecule has 6 nitrogen and oxygen atoms in total. The first-order chi connectivity index (χ1) is 14.9. The minimum atomic E-state index is 0.0366. The van der Waals surface area contributed by atoms with Gasteiger partial charge in [-0.05, 0) is 49.9 Å². The van der Waals surface area contributed by atoms with E-state index in [2.05, 4.69) is 22.3 Å². The molecule has 2 fully saturated rings. The van der Waals surface area contributed by atoms with Crippen LogP contribution in [0.15, 0.2) is 23.1 Å². The van der Waals surface area contributed by atoms with Gasteiger partial charge >= 0.3 is 0 Å². The van der Waals surface area contributed by atoms with E-state index >= 15 is 0 Å². The van der Waals surface area contributed by atoms with Crippen molar-refractivity contribution in [3.63, 3.8) is 0 Å². The molecule has 1 saturated heterocycles. The maximum atomic E-state index is 12.3. The van der Waals surface area contributed by atoms with E-state index < -0.39 is 0 Å².